The summed E-state index contributed by atoms with van der Waals surface area (Å²) in [5.74, 6) is 0.387. The van der Waals surface area contributed by atoms with Gasteiger partial charge in [0.2, 0.25) is 5.95 Å². The van der Waals surface area contributed by atoms with Crippen LogP contribution in [0.4, 0.5) is 19.1 Å². The molecule has 1 atom stereocenters. The third-order valence-corrected chi connectivity index (χ3v) is 4.17. The number of H-pyrrole nitrogens is 1. The molecule has 0 amide bonds. The monoisotopic (exact) mass is 344 g/mol. The van der Waals surface area contributed by atoms with Gasteiger partial charge in [-0.05, 0) is 25.3 Å². The lowest BCUT2D eigenvalue weighted by Gasteiger charge is -2.33. The average molecular weight is 344 g/mol. The van der Waals surface area contributed by atoms with Crippen LogP contribution in [-0.2, 0) is 7.05 Å². The number of halogens is 3. The summed E-state index contributed by atoms with van der Waals surface area (Å²) in [6.45, 7) is 0.428. The lowest BCUT2D eigenvalue weighted by molar-refractivity contribution is -0.149. The second-order valence-electron chi connectivity index (χ2n) is 6.16. The lowest BCUT2D eigenvalue weighted by Crippen LogP contribution is -2.43. The Morgan fingerprint density at radius 2 is 2.25 bits per heavy atom. The molecule has 132 valence electrons. The Morgan fingerprint density at radius 1 is 1.46 bits per heavy atom. The van der Waals surface area contributed by atoms with Gasteiger partial charge in [0.1, 0.15) is 5.39 Å². The number of nitrogens with one attached hydrogen (secondary N) is 2. The van der Waals surface area contributed by atoms with E-state index in [1.54, 1.807) is 7.05 Å². The third kappa shape index (κ3) is 3.86. The number of aromatic amines is 1. The van der Waals surface area contributed by atoms with Crippen molar-refractivity contribution in [3.8, 4) is 0 Å². The molecule has 7 nitrogen and oxygen atoms in total. The number of nitrogens with zero attached hydrogens (tertiary/aromatic N) is 4. The van der Waals surface area contributed by atoms with E-state index in [9.17, 15) is 18.0 Å². The molecule has 3 rings (SSSR count). The first-order valence-electron chi connectivity index (χ1n) is 7.77. The Hall–Kier alpha value is -2.10. The Kier molecular flexibility index (Phi) is 4.48. The van der Waals surface area contributed by atoms with Crippen LogP contribution in [0.15, 0.2) is 11.0 Å². The van der Waals surface area contributed by atoms with Crippen molar-refractivity contribution in [2.45, 2.75) is 19.0 Å². The summed E-state index contributed by atoms with van der Waals surface area (Å²) in [4.78, 5) is 20.3. The molecule has 2 aromatic heterocycles. The number of hydrogen-bond acceptors (Lipinski definition) is 5. The number of aromatic nitrogens is 4. The van der Waals surface area contributed by atoms with E-state index in [1.807, 2.05) is 0 Å². The van der Waals surface area contributed by atoms with Gasteiger partial charge in [-0.3, -0.25) is 19.4 Å². The van der Waals surface area contributed by atoms with Crippen LogP contribution in [0.2, 0.25) is 0 Å². The molecule has 0 bridgehead atoms. The van der Waals surface area contributed by atoms with E-state index in [0.717, 1.165) is 12.8 Å². The normalized spacial score (nSPS) is 19.8. The van der Waals surface area contributed by atoms with Crippen LogP contribution in [0.25, 0.3) is 11.0 Å². The number of likely N-dealkylation sites (tertiary alicyclic amines) is 1. The van der Waals surface area contributed by atoms with Crippen LogP contribution in [0, 0.1) is 5.92 Å². The predicted molar refractivity (Wildman–Crippen MR) is 82.8 cm³/mol. The maximum absolute atomic E-state index is 12.5. The van der Waals surface area contributed by atoms with Crippen molar-refractivity contribution < 1.29 is 13.2 Å². The highest BCUT2D eigenvalue weighted by molar-refractivity contribution is 5.74. The summed E-state index contributed by atoms with van der Waals surface area (Å²) in [7, 11) is 1.69. The number of fused-ring (bicyclic) bond motifs is 1. The Labute approximate surface area is 135 Å². The maximum Gasteiger partial charge on any atom is 0.401 e. The molecule has 1 aliphatic rings. The summed E-state index contributed by atoms with van der Waals surface area (Å²) in [5, 5.41) is 7.42. The highest BCUT2D eigenvalue weighted by atomic mass is 19.4. The zero-order valence-electron chi connectivity index (χ0n) is 13.2. The fraction of sp³-hybridized carbons (Fsp3) is 0.643. The van der Waals surface area contributed by atoms with Crippen LogP contribution in [0.3, 0.4) is 0 Å². The molecule has 1 fully saturated rings. The summed E-state index contributed by atoms with van der Waals surface area (Å²) in [5.41, 5.74) is 0.168. The van der Waals surface area contributed by atoms with E-state index in [1.165, 1.54) is 15.8 Å². The number of rotatable bonds is 4. The summed E-state index contributed by atoms with van der Waals surface area (Å²) >= 11 is 0. The quantitative estimate of drug-likeness (QED) is 0.875. The highest BCUT2D eigenvalue weighted by Gasteiger charge is 2.32. The second kappa shape index (κ2) is 6.42. The highest BCUT2D eigenvalue weighted by Crippen LogP contribution is 2.22. The van der Waals surface area contributed by atoms with Crippen molar-refractivity contribution >= 4 is 17.0 Å². The molecule has 1 saturated heterocycles. The minimum Gasteiger partial charge on any atom is -0.355 e. The third-order valence-electron chi connectivity index (χ3n) is 4.17. The van der Waals surface area contributed by atoms with Gasteiger partial charge in [-0.1, -0.05) is 0 Å². The first-order valence-corrected chi connectivity index (χ1v) is 7.77. The fourth-order valence-electron chi connectivity index (χ4n) is 3.07. The number of alkyl halides is 3. The maximum atomic E-state index is 12.5. The van der Waals surface area contributed by atoms with Gasteiger partial charge in [0, 0.05) is 20.1 Å². The fourth-order valence-corrected chi connectivity index (χ4v) is 3.07. The Balaban J connectivity index is 1.63. The largest absolute Gasteiger partial charge is 0.401 e. The van der Waals surface area contributed by atoms with Crippen molar-refractivity contribution in [3.05, 3.63) is 16.6 Å². The minimum absolute atomic E-state index is 0.0774. The molecule has 2 N–H and O–H groups in total. The first-order chi connectivity index (χ1) is 11.3. The molecule has 2 aromatic rings. The second-order valence-corrected chi connectivity index (χ2v) is 6.16. The molecule has 0 saturated carbocycles. The van der Waals surface area contributed by atoms with Crippen molar-refractivity contribution in [1.82, 2.24) is 24.6 Å². The standard InChI is InChI=1S/C14H19F3N6O/c1-22-11-10(6-19-22)12(24)21-13(20-11)18-5-9-3-2-4-23(7-9)8-14(15,16)17/h6,9H,2-5,7-8H2,1H3,(H2,18,20,21,24). The number of hydrogen-bond donors (Lipinski definition) is 2. The smallest absolute Gasteiger partial charge is 0.355 e. The topological polar surface area (TPSA) is 78.8 Å². The lowest BCUT2D eigenvalue weighted by atomic mass is 9.98. The summed E-state index contributed by atoms with van der Waals surface area (Å²) in [6, 6.07) is 0. The van der Waals surface area contributed by atoms with Gasteiger partial charge in [-0.15, -0.1) is 0 Å². The zero-order valence-corrected chi connectivity index (χ0v) is 13.2. The number of piperidine rings is 1. The first kappa shape index (κ1) is 16.7. The predicted octanol–water partition coefficient (Wildman–Crippen LogP) is 1.34. The molecule has 0 aromatic carbocycles. The van der Waals surface area contributed by atoms with Gasteiger partial charge >= 0.3 is 6.18 Å². The molecule has 1 aliphatic heterocycles. The molecule has 0 aliphatic carbocycles. The van der Waals surface area contributed by atoms with E-state index in [-0.39, 0.29) is 11.5 Å². The summed E-state index contributed by atoms with van der Waals surface area (Å²) in [6.07, 6.45) is -1.15. The van der Waals surface area contributed by atoms with Crippen LogP contribution in [0.1, 0.15) is 12.8 Å². The van der Waals surface area contributed by atoms with E-state index in [0.29, 0.717) is 36.6 Å². The molecule has 24 heavy (non-hydrogen) atoms. The van der Waals surface area contributed by atoms with E-state index in [2.05, 4.69) is 20.4 Å². The van der Waals surface area contributed by atoms with Crippen LogP contribution < -0.4 is 10.9 Å². The SMILES string of the molecule is Cn1ncc2c(=O)[nH]c(NCC3CCCN(CC(F)(F)F)C3)nc21. The van der Waals surface area contributed by atoms with Gasteiger partial charge in [-0.2, -0.15) is 23.3 Å². The summed E-state index contributed by atoms with van der Waals surface area (Å²) < 4.78 is 39.0. The molecular weight excluding hydrogens is 325 g/mol. The Morgan fingerprint density at radius 3 is 3.00 bits per heavy atom. The number of anilines is 1. The molecule has 0 spiro atoms. The van der Waals surface area contributed by atoms with Crippen LogP contribution in [0.5, 0.6) is 0 Å². The van der Waals surface area contributed by atoms with Crippen molar-refractivity contribution in [2.24, 2.45) is 13.0 Å². The van der Waals surface area contributed by atoms with E-state index >= 15 is 0 Å². The molecule has 3 heterocycles. The van der Waals surface area contributed by atoms with E-state index < -0.39 is 12.7 Å². The van der Waals surface area contributed by atoms with E-state index in [4.69, 9.17) is 0 Å². The van der Waals surface area contributed by atoms with Gasteiger partial charge in [0.15, 0.2) is 5.65 Å². The van der Waals surface area contributed by atoms with Gasteiger partial charge in [0.05, 0.1) is 12.7 Å². The zero-order chi connectivity index (χ0) is 17.3. The van der Waals surface area contributed by atoms with Crippen LogP contribution >= 0.6 is 0 Å². The minimum atomic E-state index is -4.17. The molecule has 1 unspecified atom stereocenters. The molecular formula is C14H19F3N6O. The van der Waals surface area contributed by atoms with Gasteiger partial charge in [-0.25, -0.2) is 0 Å². The average Bonchev–Trinajstić information content (AvgIpc) is 2.86. The number of aryl methyl sites for hydroxylation is 1. The van der Waals surface area contributed by atoms with Crippen molar-refractivity contribution in [1.29, 1.82) is 0 Å². The molecule has 10 heteroatoms. The van der Waals surface area contributed by atoms with Crippen molar-refractivity contribution in [3.63, 3.8) is 0 Å². The van der Waals surface area contributed by atoms with Gasteiger partial charge < -0.3 is 5.32 Å². The van der Waals surface area contributed by atoms with Crippen LogP contribution in [-0.4, -0.2) is 57.0 Å². The Bertz CT molecular complexity index is 768. The molecule has 0 radical (unpaired) electrons. The van der Waals surface area contributed by atoms with Gasteiger partial charge in [0.25, 0.3) is 5.56 Å². The van der Waals surface area contributed by atoms with Crippen molar-refractivity contribution in [2.75, 3.05) is 31.5 Å².